The molecule has 15 heavy (non-hydrogen) atoms. The second-order valence-corrected chi connectivity index (χ2v) is 4.62. The second-order valence-electron chi connectivity index (χ2n) is 3.47. The highest BCUT2D eigenvalue weighted by atomic mass is 32.2. The molecule has 0 spiro atoms. The van der Waals surface area contributed by atoms with Gasteiger partial charge < -0.3 is 10.4 Å². The van der Waals surface area contributed by atoms with Crippen molar-refractivity contribution >= 4 is 23.6 Å². The Kier molecular flexibility index (Phi) is 4.90. The van der Waals surface area contributed by atoms with E-state index in [1.165, 1.54) is 0 Å². The van der Waals surface area contributed by atoms with Crippen molar-refractivity contribution < 1.29 is 14.7 Å². The number of carbonyl (C=O) groups excluding carboxylic acids is 1. The number of carbonyl (C=O) groups is 2. The van der Waals surface area contributed by atoms with Crippen LogP contribution in [0.3, 0.4) is 0 Å². The topological polar surface area (TPSA) is 69.6 Å². The lowest BCUT2D eigenvalue weighted by Gasteiger charge is -2.33. The van der Waals surface area contributed by atoms with Gasteiger partial charge in [-0.2, -0.15) is 11.8 Å². The van der Waals surface area contributed by atoms with Gasteiger partial charge in [-0.25, -0.2) is 0 Å². The minimum Gasteiger partial charge on any atom is -0.481 e. The first kappa shape index (κ1) is 12.3. The van der Waals surface area contributed by atoms with Crippen molar-refractivity contribution in [1.29, 1.82) is 0 Å². The van der Waals surface area contributed by atoms with Crippen LogP contribution >= 0.6 is 11.8 Å². The molecule has 0 radical (unpaired) electrons. The fourth-order valence-corrected chi connectivity index (χ4v) is 2.68. The monoisotopic (exact) mass is 232 g/mol. The third kappa shape index (κ3) is 4.09. The second kappa shape index (κ2) is 5.97. The molecule has 0 aromatic rings. The predicted octanol–water partition coefficient (Wildman–Crippen LogP) is -0.375. The lowest BCUT2D eigenvalue weighted by atomic mass is 10.2. The summed E-state index contributed by atoms with van der Waals surface area (Å²) in [5.74, 6) is 0.901. The van der Waals surface area contributed by atoms with Crippen LogP contribution in [0.4, 0.5) is 0 Å². The molecule has 1 atom stereocenters. The molecule has 0 aliphatic carbocycles. The van der Waals surface area contributed by atoms with Crippen LogP contribution in [0.25, 0.3) is 0 Å². The Morgan fingerprint density at radius 2 is 2.33 bits per heavy atom. The molecule has 0 bridgehead atoms. The first-order valence-corrected chi connectivity index (χ1v) is 6.03. The summed E-state index contributed by atoms with van der Waals surface area (Å²) < 4.78 is 0. The van der Waals surface area contributed by atoms with E-state index in [1.54, 1.807) is 18.8 Å². The zero-order chi connectivity index (χ0) is 11.3. The zero-order valence-electron chi connectivity index (χ0n) is 8.73. The lowest BCUT2D eigenvalue weighted by molar-refractivity contribution is -0.138. The van der Waals surface area contributed by atoms with E-state index in [-0.39, 0.29) is 18.4 Å². The third-order valence-corrected chi connectivity index (χ3v) is 3.48. The van der Waals surface area contributed by atoms with Crippen LogP contribution in [-0.2, 0) is 9.59 Å². The maximum Gasteiger partial charge on any atom is 0.304 e. The molecule has 0 saturated carbocycles. The van der Waals surface area contributed by atoms with Crippen molar-refractivity contribution in [3.63, 3.8) is 0 Å². The Labute approximate surface area is 93.2 Å². The number of rotatable bonds is 4. The number of nitrogens with one attached hydrogen (secondary N) is 1. The summed E-state index contributed by atoms with van der Waals surface area (Å²) in [5, 5.41) is 11.3. The van der Waals surface area contributed by atoms with Crippen molar-refractivity contribution in [1.82, 2.24) is 10.2 Å². The molecule has 1 unspecified atom stereocenters. The van der Waals surface area contributed by atoms with E-state index in [4.69, 9.17) is 5.11 Å². The van der Waals surface area contributed by atoms with E-state index in [2.05, 4.69) is 5.32 Å². The number of nitrogens with zero attached hydrogens (tertiary/aromatic N) is 1. The fourth-order valence-electron chi connectivity index (χ4n) is 1.55. The summed E-state index contributed by atoms with van der Waals surface area (Å²) in [7, 11) is 1.59. The van der Waals surface area contributed by atoms with Gasteiger partial charge in [-0.15, -0.1) is 0 Å². The lowest BCUT2D eigenvalue weighted by Crippen LogP contribution is -2.47. The van der Waals surface area contributed by atoms with Gasteiger partial charge in [0.05, 0.1) is 13.0 Å². The van der Waals surface area contributed by atoms with Gasteiger partial charge in [-0.3, -0.25) is 14.5 Å². The smallest absolute Gasteiger partial charge is 0.304 e. The maximum absolute atomic E-state index is 11.2. The van der Waals surface area contributed by atoms with Gasteiger partial charge in [0.15, 0.2) is 0 Å². The van der Waals surface area contributed by atoms with Crippen LogP contribution in [0, 0.1) is 0 Å². The van der Waals surface area contributed by atoms with E-state index < -0.39 is 5.97 Å². The van der Waals surface area contributed by atoms with E-state index in [1.807, 2.05) is 4.90 Å². The third-order valence-electron chi connectivity index (χ3n) is 2.39. The van der Waals surface area contributed by atoms with E-state index in [0.29, 0.717) is 6.54 Å². The van der Waals surface area contributed by atoms with Crippen molar-refractivity contribution in [2.45, 2.75) is 12.5 Å². The molecule has 0 aromatic heterocycles. The first-order valence-electron chi connectivity index (χ1n) is 4.87. The quantitative estimate of drug-likeness (QED) is 0.692. The largest absolute Gasteiger partial charge is 0.481 e. The van der Waals surface area contributed by atoms with Crippen LogP contribution in [0.1, 0.15) is 6.42 Å². The standard InChI is InChI=1S/C9H16N2O3S/c1-10-8(12)5-11-2-3-15-6-7(11)4-9(13)14/h7H,2-6H2,1H3,(H,10,12)(H,13,14). The summed E-state index contributed by atoms with van der Waals surface area (Å²) in [6, 6.07) is -0.0152. The van der Waals surface area contributed by atoms with Crippen molar-refractivity contribution in [3.05, 3.63) is 0 Å². The van der Waals surface area contributed by atoms with Crippen molar-refractivity contribution in [3.8, 4) is 0 Å². The number of aliphatic carboxylic acids is 1. The van der Waals surface area contributed by atoms with Gasteiger partial charge in [0.1, 0.15) is 0 Å². The van der Waals surface area contributed by atoms with Gasteiger partial charge in [0, 0.05) is 31.1 Å². The number of hydrogen-bond acceptors (Lipinski definition) is 4. The molecule has 1 saturated heterocycles. The molecule has 1 fully saturated rings. The average molecular weight is 232 g/mol. The Balaban J connectivity index is 2.49. The molecule has 1 rings (SSSR count). The molecule has 1 aliphatic heterocycles. The summed E-state index contributed by atoms with van der Waals surface area (Å²) in [5.41, 5.74) is 0. The summed E-state index contributed by atoms with van der Waals surface area (Å²) in [6.07, 6.45) is 0.115. The first-order chi connectivity index (χ1) is 7.13. The molecule has 1 amide bonds. The van der Waals surface area contributed by atoms with Crippen molar-refractivity contribution in [2.75, 3.05) is 31.6 Å². The van der Waals surface area contributed by atoms with E-state index in [0.717, 1.165) is 18.1 Å². The molecular weight excluding hydrogens is 216 g/mol. The number of likely N-dealkylation sites (N-methyl/N-ethyl adjacent to an activating group) is 1. The van der Waals surface area contributed by atoms with Crippen LogP contribution in [0.15, 0.2) is 0 Å². The molecule has 1 heterocycles. The Bertz CT molecular complexity index is 248. The molecule has 1 aliphatic rings. The highest BCUT2D eigenvalue weighted by molar-refractivity contribution is 7.99. The van der Waals surface area contributed by atoms with Gasteiger partial charge in [0.2, 0.25) is 5.91 Å². The van der Waals surface area contributed by atoms with Crippen LogP contribution < -0.4 is 5.32 Å². The minimum atomic E-state index is -0.801. The fraction of sp³-hybridized carbons (Fsp3) is 0.778. The highest BCUT2D eigenvalue weighted by Gasteiger charge is 2.26. The Hall–Kier alpha value is -0.750. The molecule has 0 aromatic carbocycles. The Morgan fingerprint density at radius 3 is 2.93 bits per heavy atom. The highest BCUT2D eigenvalue weighted by Crippen LogP contribution is 2.18. The van der Waals surface area contributed by atoms with E-state index in [9.17, 15) is 9.59 Å². The molecule has 6 heteroatoms. The molecule has 2 N–H and O–H groups in total. The summed E-state index contributed by atoms with van der Waals surface area (Å²) >= 11 is 1.75. The number of hydrogen-bond donors (Lipinski definition) is 2. The predicted molar refractivity (Wildman–Crippen MR) is 59.0 cm³/mol. The van der Waals surface area contributed by atoms with Gasteiger partial charge in [-0.05, 0) is 0 Å². The van der Waals surface area contributed by atoms with Gasteiger partial charge >= 0.3 is 5.97 Å². The zero-order valence-corrected chi connectivity index (χ0v) is 9.55. The molecule has 86 valence electrons. The number of carboxylic acids is 1. The maximum atomic E-state index is 11.2. The average Bonchev–Trinajstić information content (AvgIpc) is 2.20. The minimum absolute atomic E-state index is 0.0152. The Morgan fingerprint density at radius 1 is 1.60 bits per heavy atom. The number of carboxylic acid groups (broad SMARTS) is 1. The molecule has 5 nitrogen and oxygen atoms in total. The van der Waals surface area contributed by atoms with Crippen LogP contribution in [-0.4, -0.2) is 59.6 Å². The van der Waals surface area contributed by atoms with Crippen molar-refractivity contribution in [2.24, 2.45) is 0 Å². The normalized spacial score (nSPS) is 22.3. The number of thioether (sulfide) groups is 1. The SMILES string of the molecule is CNC(=O)CN1CCSCC1CC(=O)O. The summed E-state index contributed by atoms with van der Waals surface area (Å²) in [6.45, 7) is 1.09. The summed E-state index contributed by atoms with van der Waals surface area (Å²) in [4.78, 5) is 23.8. The van der Waals surface area contributed by atoms with Crippen LogP contribution in [0.5, 0.6) is 0 Å². The van der Waals surface area contributed by atoms with E-state index >= 15 is 0 Å². The van der Waals surface area contributed by atoms with Gasteiger partial charge in [0.25, 0.3) is 0 Å². The van der Waals surface area contributed by atoms with Crippen LogP contribution in [0.2, 0.25) is 0 Å². The van der Waals surface area contributed by atoms with Gasteiger partial charge in [-0.1, -0.05) is 0 Å². The number of amides is 1. The molecular formula is C9H16N2O3S.